The zero-order valence-corrected chi connectivity index (χ0v) is 11.1. The fourth-order valence-corrected chi connectivity index (χ4v) is 2.21. The second-order valence-corrected chi connectivity index (χ2v) is 4.53. The Morgan fingerprint density at radius 3 is 2.79 bits per heavy atom. The van der Waals surface area contributed by atoms with Crippen LogP contribution in [-0.4, -0.2) is 30.8 Å². The number of anilines is 1. The number of nitro groups is 1. The molecule has 0 aliphatic heterocycles. The predicted molar refractivity (Wildman–Crippen MR) is 71.7 cm³/mol. The molecule has 1 saturated carbocycles. The zero-order valence-electron chi connectivity index (χ0n) is 11.1. The number of hydrogen-bond acceptors (Lipinski definition) is 5. The number of ether oxygens (including phenoxy) is 2. The first kappa shape index (κ1) is 13.6. The molecule has 2 rings (SSSR count). The molecule has 104 valence electrons. The Labute approximate surface area is 111 Å². The van der Waals surface area contributed by atoms with Gasteiger partial charge in [0.2, 0.25) is 0 Å². The van der Waals surface area contributed by atoms with Gasteiger partial charge in [-0.15, -0.1) is 0 Å². The molecule has 0 atom stereocenters. The van der Waals surface area contributed by atoms with Crippen LogP contribution in [0.3, 0.4) is 0 Å². The summed E-state index contributed by atoms with van der Waals surface area (Å²) < 4.78 is 10.5. The number of nitro benzene ring substituents is 1. The lowest BCUT2D eigenvalue weighted by Gasteiger charge is -2.36. The third-order valence-electron chi connectivity index (χ3n) is 3.24. The van der Waals surface area contributed by atoms with E-state index in [0.29, 0.717) is 12.1 Å². The summed E-state index contributed by atoms with van der Waals surface area (Å²) in [5.74, 6) is 0.274. The first-order valence-corrected chi connectivity index (χ1v) is 6.34. The van der Waals surface area contributed by atoms with Gasteiger partial charge in [-0.05, 0) is 25.8 Å². The van der Waals surface area contributed by atoms with E-state index in [1.54, 1.807) is 12.1 Å². The fraction of sp³-hybridized carbons (Fsp3) is 0.538. The standard InChI is InChI=1S/C13H18N2O4/c1-3-19-11-6-10(7-11)14-9-4-5-12(15(16)17)13(8-9)18-2/h4-5,8,10-11,14H,3,6-7H2,1-2H3. The van der Waals surface area contributed by atoms with E-state index in [1.165, 1.54) is 13.2 Å². The average molecular weight is 266 g/mol. The van der Waals surface area contributed by atoms with Crippen molar-refractivity contribution in [1.82, 2.24) is 0 Å². The summed E-state index contributed by atoms with van der Waals surface area (Å²) in [6.45, 7) is 2.73. The van der Waals surface area contributed by atoms with Gasteiger partial charge in [-0.3, -0.25) is 10.1 Å². The molecule has 1 aromatic rings. The topological polar surface area (TPSA) is 73.6 Å². The maximum absolute atomic E-state index is 10.8. The van der Waals surface area contributed by atoms with Crippen LogP contribution in [0.5, 0.6) is 5.75 Å². The van der Waals surface area contributed by atoms with Gasteiger partial charge in [-0.1, -0.05) is 0 Å². The minimum atomic E-state index is -0.447. The summed E-state index contributed by atoms with van der Waals surface area (Å²) in [7, 11) is 1.43. The summed E-state index contributed by atoms with van der Waals surface area (Å²) in [6, 6.07) is 5.18. The predicted octanol–water partition coefficient (Wildman–Crippen LogP) is 2.58. The number of hydrogen-bond donors (Lipinski definition) is 1. The van der Waals surface area contributed by atoms with E-state index in [-0.39, 0.29) is 11.4 Å². The van der Waals surface area contributed by atoms with Crippen LogP contribution in [0, 0.1) is 10.1 Å². The highest BCUT2D eigenvalue weighted by molar-refractivity contribution is 5.58. The van der Waals surface area contributed by atoms with E-state index in [0.717, 1.165) is 25.1 Å². The number of nitrogens with one attached hydrogen (secondary N) is 1. The summed E-state index contributed by atoms with van der Waals surface area (Å²) in [6.07, 6.45) is 2.27. The van der Waals surface area contributed by atoms with Gasteiger partial charge in [0, 0.05) is 30.5 Å². The third-order valence-corrected chi connectivity index (χ3v) is 3.24. The van der Waals surface area contributed by atoms with Crippen molar-refractivity contribution in [2.24, 2.45) is 0 Å². The maximum atomic E-state index is 10.8. The summed E-state index contributed by atoms with van der Waals surface area (Å²) in [5.41, 5.74) is 0.816. The Morgan fingerprint density at radius 1 is 1.47 bits per heavy atom. The second kappa shape index (κ2) is 5.88. The van der Waals surface area contributed by atoms with Crippen molar-refractivity contribution in [2.45, 2.75) is 31.9 Å². The highest BCUT2D eigenvalue weighted by Crippen LogP contribution is 2.32. The first-order valence-electron chi connectivity index (χ1n) is 6.34. The Morgan fingerprint density at radius 2 is 2.21 bits per heavy atom. The van der Waals surface area contributed by atoms with Crippen LogP contribution >= 0.6 is 0 Å². The monoisotopic (exact) mass is 266 g/mol. The van der Waals surface area contributed by atoms with Crippen molar-refractivity contribution in [1.29, 1.82) is 0 Å². The van der Waals surface area contributed by atoms with Gasteiger partial charge < -0.3 is 14.8 Å². The molecule has 0 radical (unpaired) electrons. The zero-order chi connectivity index (χ0) is 13.8. The molecule has 1 fully saturated rings. The van der Waals surface area contributed by atoms with Crippen molar-refractivity contribution >= 4 is 11.4 Å². The molecular weight excluding hydrogens is 248 g/mol. The van der Waals surface area contributed by atoms with Crippen LogP contribution in [0.25, 0.3) is 0 Å². The SMILES string of the molecule is CCOC1CC(Nc2ccc([N+](=O)[O-])c(OC)c2)C1. The van der Waals surface area contributed by atoms with Crippen molar-refractivity contribution < 1.29 is 14.4 Å². The molecule has 6 heteroatoms. The molecule has 1 aliphatic carbocycles. The van der Waals surface area contributed by atoms with Crippen LogP contribution in [0.4, 0.5) is 11.4 Å². The van der Waals surface area contributed by atoms with Gasteiger partial charge in [0.1, 0.15) is 0 Å². The van der Waals surface area contributed by atoms with Crippen LogP contribution in [0.15, 0.2) is 18.2 Å². The van der Waals surface area contributed by atoms with E-state index in [2.05, 4.69) is 5.32 Å². The van der Waals surface area contributed by atoms with E-state index in [4.69, 9.17) is 9.47 Å². The van der Waals surface area contributed by atoms with Crippen molar-refractivity contribution in [3.63, 3.8) is 0 Å². The maximum Gasteiger partial charge on any atom is 0.311 e. The summed E-state index contributed by atoms with van der Waals surface area (Å²) in [4.78, 5) is 10.3. The van der Waals surface area contributed by atoms with Crippen molar-refractivity contribution in [3.8, 4) is 5.75 Å². The van der Waals surface area contributed by atoms with E-state index >= 15 is 0 Å². The Kier molecular flexibility index (Phi) is 4.21. The van der Waals surface area contributed by atoms with Crippen molar-refractivity contribution in [2.75, 3.05) is 19.0 Å². The largest absolute Gasteiger partial charge is 0.490 e. The molecular formula is C13H18N2O4. The minimum Gasteiger partial charge on any atom is -0.490 e. The van der Waals surface area contributed by atoms with Crippen LogP contribution in [0.1, 0.15) is 19.8 Å². The number of rotatable bonds is 6. The van der Waals surface area contributed by atoms with E-state index in [1.807, 2.05) is 6.92 Å². The molecule has 0 unspecified atom stereocenters. The second-order valence-electron chi connectivity index (χ2n) is 4.53. The van der Waals surface area contributed by atoms with Crippen LogP contribution < -0.4 is 10.1 Å². The van der Waals surface area contributed by atoms with Crippen LogP contribution in [-0.2, 0) is 4.74 Å². The molecule has 6 nitrogen and oxygen atoms in total. The number of benzene rings is 1. The lowest BCUT2D eigenvalue weighted by Crippen LogP contribution is -2.40. The van der Waals surface area contributed by atoms with Gasteiger partial charge in [0.05, 0.1) is 18.1 Å². The quantitative estimate of drug-likeness (QED) is 0.632. The van der Waals surface area contributed by atoms with Gasteiger partial charge in [-0.25, -0.2) is 0 Å². The normalized spacial score (nSPS) is 21.6. The Balaban J connectivity index is 1.97. The molecule has 1 aromatic carbocycles. The first-order chi connectivity index (χ1) is 9.13. The molecule has 19 heavy (non-hydrogen) atoms. The van der Waals surface area contributed by atoms with Crippen LogP contribution in [0.2, 0.25) is 0 Å². The van der Waals surface area contributed by atoms with Crippen molar-refractivity contribution in [3.05, 3.63) is 28.3 Å². The lowest BCUT2D eigenvalue weighted by molar-refractivity contribution is -0.385. The highest BCUT2D eigenvalue weighted by atomic mass is 16.6. The minimum absolute atomic E-state index is 0.0196. The van der Waals surface area contributed by atoms with E-state index < -0.39 is 4.92 Å². The fourth-order valence-electron chi connectivity index (χ4n) is 2.21. The molecule has 0 amide bonds. The number of nitrogens with zero attached hydrogens (tertiary/aromatic N) is 1. The molecule has 1 aliphatic rings. The van der Waals surface area contributed by atoms with Gasteiger partial charge in [0.15, 0.2) is 5.75 Å². The third kappa shape index (κ3) is 3.14. The number of methoxy groups -OCH3 is 1. The molecule has 0 heterocycles. The van der Waals surface area contributed by atoms with Gasteiger partial charge >= 0.3 is 5.69 Å². The smallest absolute Gasteiger partial charge is 0.311 e. The van der Waals surface area contributed by atoms with E-state index in [9.17, 15) is 10.1 Å². The molecule has 0 aromatic heterocycles. The molecule has 0 bridgehead atoms. The molecule has 0 saturated heterocycles. The highest BCUT2D eigenvalue weighted by Gasteiger charge is 2.29. The van der Waals surface area contributed by atoms with Gasteiger partial charge in [-0.2, -0.15) is 0 Å². The average Bonchev–Trinajstić information content (AvgIpc) is 2.35. The Hall–Kier alpha value is -1.82. The summed E-state index contributed by atoms with van der Waals surface area (Å²) >= 11 is 0. The van der Waals surface area contributed by atoms with Gasteiger partial charge in [0.25, 0.3) is 0 Å². The summed E-state index contributed by atoms with van der Waals surface area (Å²) in [5, 5.41) is 14.1. The molecule has 0 spiro atoms. The molecule has 1 N–H and O–H groups in total. The Bertz CT molecular complexity index is 458. The lowest BCUT2D eigenvalue weighted by atomic mass is 9.89.